The molecule has 2 aromatic carbocycles. The van der Waals surface area contributed by atoms with Crippen LogP contribution in [0.4, 0.5) is 0 Å². The SMILES string of the molecule is COc1cc(/C=N\NC(=O)COc2cccc3cccnc23)cc(Cl)c1OC(C)C. The van der Waals surface area contributed by atoms with Gasteiger partial charge in [-0.25, -0.2) is 5.43 Å². The number of benzene rings is 2. The number of amides is 1. The number of aromatic nitrogens is 1. The van der Waals surface area contributed by atoms with Gasteiger partial charge in [0, 0.05) is 11.6 Å². The topological polar surface area (TPSA) is 82.0 Å². The van der Waals surface area contributed by atoms with Crippen molar-refractivity contribution < 1.29 is 19.0 Å². The molecule has 156 valence electrons. The molecule has 1 N–H and O–H groups in total. The van der Waals surface area contributed by atoms with Gasteiger partial charge in [-0.3, -0.25) is 9.78 Å². The first kappa shape index (κ1) is 21.4. The number of nitrogens with one attached hydrogen (secondary N) is 1. The number of nitrogens with zero attached hydrogens (tertiary/aromatic N) is 2. The second kappa shape index (κ2) is 9.93. The summed E-state index contributed by atoms with van der Waals surface area (Å²) in [6.07, 6.45) is 3.09. The van der Waals surface area contributed by atoms with Gasteiger partial charge in [0.05, 0.1) is 24.5 Å². The van der Waals surface area contributed by atoms with E-state index in [1.165, 1.54) is 13.3 Å². The van der Waals surface area contributed by atoms with Crippen LogP contribution in [0.3, 0.4) is 0 Å². The summed E-state index contributed by atoms with van der Waals surface area (Å²) in [5.74, 6) is 1.07. The van der Waals surface area contributed by atoms with Gasteiger partial charge < -0.3 is 14.2 Å². The van der Waals surface area contributed by atoms with Crippen molar-refractivity contribution in [2.45, 2.75) is 20.0 Å². The number of methoxy groups -OCH3 is 1. The first-order valence-corrected chi connectivity index (χ1v) is 9.68. The maximum absolute atomic E-state index is 12.1. The van der Waals surface area contributed by atoms with Gasteiger partial charge in [-0.2, -0.15) is 5.10 Å². The lowest BCUT2D eigenvalue weighted by Gasteiger charge is -2.15. The molecule has 1 heterocycles. The van der Waals surface area contributed by atoms with E-state index < -0.39 is 5.91 Å². The lowest BCUT2D eigenvalue weighted by molar-refractivity contribution is -0.123. The van der Waals surface area contributed by atoms with Crippen molar-refractivity contribution in [2.75, 3.05) is 13.7 Å². The Bertz CT molecular complexity index is 1060. The second-order valence-corrected chi connectivity index (χ2v) is 7.02. The lowest BCUT2D eigenvalue weighted by Crippen LogP contribution is -2.24. The van der Waals surface area contributed by atoms with Crippen LogP contribution in [0.1, 0.15) is 19.4 Å². The molecule has 3 aromatic rings. The zero-order valence-corrected chi connectivity index (χ0v) is 17.6. The van der Waals surface area contributed by atoms with E-state index in [0.29, 0.717) is 33.4 Å². The maximum atomic E-state index is 12.1. The van der Waals surface area contributed by atoms with Crippen molar-refractivity contribution in [2.24, 2.45) is 5.10 Å². The summed E-state index contributed by atoms with van der Waals surface area (Å²) in [4.78, 5) is 16.4. The molecule has 1 aromatic heterocycles. The molecule has 1 amide bonds. The Morgan fingerprint density at radius 1 is 1.23 bits per heavy atom. The summed E-state index contributed by atoms with van der Waals surface area (Å²) in [6.45, 7) is 3.60. The van der Waals surface area contributed by atoms with E-state index in [9.17, 15) is 4.79 Å². The Balaban J connectivity index is 1.61. The Hall–Kier alpha value is -3.32. The van der Waals surface area contributed by atoms with Gasteiger partial charge in [0.1, 0.15) is 11.3 Å². The van der Waals surface area contributed by atoms with Crippen LogP contribution in [0.2, 0.25) is 5.02 Å². The predicted octanol–water partition coefficient (Wildman–Crippen LogP) is 4.21. The van der Waals surface area contributed by atoms with Gasteiger partial charge in [0.2, 0.25) is 0 Å². The molecule has 3 rings (SSSR count). The van der Waals surface area contributed by atoms with Crippen LogP contribution in [0.15, 0.2) is 53.8 Å². The van der Waals surface area contributed by atoms with Crippen molar-refractivity contribution in [3.8, 4) is 17.2 Å². The predicted molar refractivity (Wildman–Crippen MR) is 117 cm³/mol. The van der Waals surface area contributed by atoms with Gasteiger partial charge in [-0.05, 0) is 43.7 Å². The summed E-state index contributed by atoms with van der Waals surface area (Å²) in [6, 6.07) is 12.7. The highest BCUT2D eigenvalue weighted by atomic mass is 35.5. The third-order valence-corrected chi connectivity index (χ3v) is 4.24. The van der Waals surface area contributed by atoms with Gasteiger partial charge >= 0.3 is 0 Å². The normalized spacial score (nSPS) is 11.1. The largest absolute Gasteiger partial charge is 0.493 e. The molecule has 7 nitrogen and oxygen atoms in total. The van der Waals surface area contributed by atoms with Crippen molar-refractivity contribution in [1.82, 2.24) is 10.4 Å². The molecule has 0 aliphatic rings. The van der Waals surface area contributed by atoms with Gasteiger partial charge in [-0.15, -0.1) is 0 Å². The average molecular weight is 428 g/mol. The number of halogens is 1. The molecule has 0 aliphatic heterocycles. The molecule has 8 heteroatoms. The number of hydrogen-bond donors (Lipinski definition) is 1. The fraction of sp³-hybridized carbons (Fsp3) is 0.227. The van der Waals surface area contributed by atoms with Crippen molar-refractivity contribution >= 4 is 34.6 Å². The van der Waals surface area contributed by atoms with Crippen LogP contribution < -0.4 is 19.6 Å². The molecule has 0 radical (unpaired) electrons. The molecule has 0 unspecified atom stereocenters. The van der Waals surface area contributed by atoms with Crippen LogP contribution in [0.5, 0.6) is 17.2 Å². The smallest absolute Gasteiger partial charge is 0.277 e. The van der Waals surface area contributed by atoms with E-state index >= 15 is 0 Å². The minimum Gasteiger partial charge on any atom is -0.493 e. The minimum atomic E-state index is -0.406. The number of fused-ring (bicyclic) bond motifs is 1. The number of carbonyl (C=O) groups excluding carboxylic acids is 1. The number of hydrogen-bond acceptors (Lipinski definition) is 6. The number of carbonyl (C=O) groups is 1. The van der Waals surface area contributed by atoms with Crippen LogP contribution in [0, 0.1) is 0 Å². The van der Waals surface area contributed by atoms with E-state index in [1.54, 1.807) is 24.4 Å². The number of rotatable bonds is 8. The Morgan fingerprint density at radius 2 is 2.03 bits per heavy atom. The number of para-hydroxylation sites is 1. The lowest BCUT2D eigenvalue weighted by atomic mass is 10.2. The first-order valence-electron chi connectivity index (χ1n) is 9.30. The quantitative estimate of drug-likeness (QED) is 0.430. The third kappa shape index (κ3) is 5.39. The standard InChI is InChI=1S/C22H22ClN3O4/c1-14(2)30-22-17(23)10-15(11-19(22)28-3)12-25-26-20(27)13-29-18-8-4-6-16-7-5-9-24-21(16)18/h4-12,14H,13H2,1-3H3,(H,26,27)/b25-12-. The van der Waals surface area contributed by atoms with Crippen LogP contribution in [-0.2, 0) is 4.79 Å². The minimum absolute atomic E-state index is 0.0489. The number of hydrazone groups is 1. The maximum Gasteiger partial charge on any atom is 0.277 e. The summed E-state index contributed by atoms with van der Waals surface area (Å²) in [5, 5.41) is 5.27. The fourth-order valence-electron chi connectivity index (χ4n) is 2.71. The molecule has 0 fully saturated rings. The number of ether oxygens (including phenoxy) is 3. The zero-order valence-electron chi connectivity index (χ0n) is 16.9. The number of pyridine rings is 1. The molecule has 0 atom stereocenters. The van der Waals surface area contributed by atoms with E-state index in [2.05, 4.69) is 15.5 Å². The van der Waals surface area contributed by atoms with Crippen LogP contribution in [0.25, 0.3) is 10.9 Å². The molecule has 30 heavy (non-hydrogen) atoms. The van der Waals surface area contributed by atoms with Gasteiger partial charge in [-0.1, -0.05) is 29.8 Å². The highest BCUT2D eigenvalue weighted by Gasteiger charge is 2.13. The Labute approximate surface area is 179 Å². The van der Waals surface area contributed by atoms with Crippen LogP contribution >= 0.6 is 11.6 Å². The summed E-state index contributed by atoms with van der Waals surface area (Å²) >= 11 is 6.28. The monoisotopic (exact) mass is 427 g/mol. The second-order valence-electron chi connectivity index (χ2n) is 6.61. The fourth-order valence-corrected chi connectivity index (χ4v) is 2.98. The van der Waals surface area contributed by atoms with Crippen molar-refractivity contribution in [3.63, 3.8) is 0 Å². The molecular formula is C22H22ClN3O4. The van der Waals surface area contributed by atoms with E-state index in [0.717, 1.165) is 5.39 Å². The first-order chi connectivity index (χ1) is 14.5. The molecule has 0 spiro atoms. The van der Waals surface area contributed by atoms with E-state index in [4.69, 9.17) is 25.8 Å². The van der Waals surface area contributed by atoms with Crippen LogP contribution in [-0.4, -0.2) is 36.9 Å². The van der Waals surface area contributed by atoms with E-state index in [-0.39, 0.29) is 12.7 Å². The zero-order chi connectivity index (χ0) is 21.5. The highest BCUT2D eigenvalue weighted by molar-refractivity contribution is 6.32. The summed E-state index contributed by atoms with van der Waals surface area (Å²) in [7, 11) is 1.53. The van der Waals surface area contributed by atoms with Crippen molar-refractivity contribution in [3.05, 3.63) is 59.2 Å². The Morgan fingerprint density at radius 3 is 2.80 bits per heavy atom. The Kier molecular flexibility index (Phi) is 7.08. The highest BCUT2D eigenvalue weighted by Crippen LogP contribution is 2.36. The summed E-state index contributed by atoms with van der Waals surface area (Å²) < 4.78 is 16.6. The average Bonchev–Trinajstić information content (AvgIpc) is 2.73. The molecule has 0 bridgehead atoms. The third-order valence-electron chi connectivity index (χ3n) is 3.96. The van der Waals surface area contributed by atoms with Gasteiger partial charge in [0.25, 0.3) is 5.91 Å². The van der Waals surface area contributed by atoms with Gasteiger partial charge in [0.15, 0.2) is 18.1 Å². The summed E-state index contributed by atoms with van der Waals surface area (Å²) in [5.41, 5.74) is 3.77. The molecular weight excluding hydrogens is 406 g/mol. The molecule has 0 saturated carbocycles. The molecule has 0 saturated heterocycles. The molecule has 0 aliphatic carbocycles. The van der Waals surface area contributed by atoms with E-state index in [1.807, 2.05) is 38.1 Å². The van der Waals surface area contributed by atoms with Crippen molar-refractivity contribution in [1.29, 1.82) is 0 Å².